The highest BCUT2D eigenvalue weighted by Gasteiger charge is 2.59. The van der Waals surface area contributed by atoms with E-state index < -0.39 is 0 Å². The molecule has 0 aliphatic heterocycles. The molecule has 58 heavy (non-hydrogen) atoms. The number of fused-ring (bicyclic) bond motifs is 12. The largest absolute Gasteiger partial charge is 0.440 e. The van der Waals surface area contributed by atoms with Crippen LogP contribution in [0.25, 0.3) is 22.4 Å². The molecule has 0 amide bonds. The van der Waals surface area contributed by atoms with E-state index in [0.717, 1.165) is 56.1 Å². The summed E-state index contributed by atoms with van der Waals surface area (Å²) < 4.78 is 6.22. The maximum atomic E-state index is 10.5. The number of rotatable bonds is 4. The van der Waals surface area contributed by atoms with Crippen molar-refractivity contribution in [3.05, 3.63) is 96.2 Å². The summed E-state index contributed by atoms with van der Waals surface area (Å²) >= 11 is 0. The van der Waals surface area contributed by atoms with Crippen LogP contribution in [0.5, 0.6) is 0 Å². The van der Waals surface area contributed by atoms with E-state index in [1.165, 1.54) is 79.3 Å². The average Bonchev–Trinajstić information content (AvgIpc) is 4.01. The molecule has 8 aliphatic rings. The number of hydrogen-bond donors (Lipinski definition) is 1. The quantitative estimate of drug-likeness (QED) is 0.165. The van der Waals surface area contributed by atoms with Crippen LogP contribution >= 0.6 is 0 Å². The van der Waals surface area contributed by atoms with Crippen molar-refractivity contribution in [1.82, 2.24) is 24.0 Å². The Morgan fingerprint density at radius 1 is 0.741 bits per heavy atom. The van der Waals surface area contributed by atoms with Crippen LogP contribution in [0.15, 0.2) is 84.9 Å². The van der Waals surface area contributed by atoms with Gasteiger partial charge in [-0.25, -0.2) is 9.50 Å². The van der Waals surface area contributed by atoms with Crippen LogP contribution in [0.1, 0.15) is 129 Å². The molecule has 0 saturated heterocycles. The zero-order valence-electron chi connectivity index (χ0n) is 35.0. The number of aliphatic hydroxyl groups excluding tert-OH is 1. The van der Waals surface area contributed by atoms with E-state index in [9.17, 15) is 5.11 Å². The van der Waals surface area contributed by atoms with Gasteiger partial charge in [0.25, 0.3) is 0 Å². The smallest absolute Gasteiger partial charge is 0.393 e. The van der Waals surface area contributed by atoms with Gasteiger partial charge < -0.3 is 9.94 Å². The molecule has 8 heteroatoms. The van der Waals surface area contributed by atoms with E-state index >= 15 is 0 Å². The minimum atomic E-state index is -0.149. The zero-order chi connectivity index (χ0) is 39.2. The van der Waals surface area contributed by atoms with Crippen molar-refractivity contribution in [1.29, 1.82) is 0 Å². The van der Waals surface area contributed by atoms with Crippen molar-refractivity contribution in [2.24, 2.45) is 57.2 Å². The van der Waals surface area contributed by atoms with E-state index in [4.69, 9.17) is 9.82 Å². The summed E-state index contributed by atoms with van der Waals surface area (Å²) in [5, 5.41) is 15.2. The minimum Gasteiger partial charge on any atom is -0.393 e. The first-order valence-electron chi connectivity index (χ1n) is 22.9. The summed E-state index contributed by atoms with van der Waals surface area (Å²) in [4.78, 5) is 16.3. The lowest BCUT2D eigenvalue weighted by molar-refractivity contribution is -0.883. The van der Waals surface area contributed by atoms with Crippen molar-refractivity contribution in [3.8, 4) is 0 Å². The Morgan fingerprint density at radius 2 is 1.41 bits per heavy atom. The topological polar surface area (TPSA) is 80.8 Å². The van der Waals surface area contributed by atoms with Crippen LogP contribution in [0.4, 0.5) is 0 Å². The monoisotopic (exact) mass is 777 g/mol. The second-order valence-corrected chi connectivity index (χ2v) is 21.1. The number of aliphatic hydroxyl groups is 1. The van der Waals surface area contributed by atoms with Gasteiger partial charge in [-0.15, -0.1) is 0 Å². The third kappa shape index (κ3) is 4.84. The molecule has 12 rings (SSSR count). The standard InChI is InChI=1S/C50H61N6O2/c1-47-19-14-33(57)26-31(47)6-8-36-39-12-13-43(50(39,4)22-17-41(36)47)45-29-52-46-54(45)24-5-25-56(46)58-34-15-20-48(2)32(27-34)7-9-35-38-10-11-40(49(38,3)21-16-42(35)48)37-28-53-55-30-51-23-18-44(37)55/h5-7,11,13,18,23-25,28-30,33-36,38-39,41-42,57H,8-10,12,14-17,19-22,26-27H2,1-4H3/q+1. The Labute approximate surface area is 343 Å². The van der Waals surface area contributed by atoms with E-state index in [1.807, 2.05) is 21.8 Å². The van der Waals surface area contributed by atoms with Gasteiger partial charge in [0, 0.05) is 24.2 Å². The van der Waals surface area contributed by atoms with Crippen molar-refractivity contribution < 1.29 is 14.7 Å². The van der Waals surface area contributed by atoms with E-state index in [-0.39, 0.29) is 33.9 Å². The number of hydrogen-bond acceptors (Lipinski definition) is 5. The van der Waals surface area contributed by atoms with E-state index in [1.54, 1.807) is 11.1 Å². The van der Waals surface area contributed by atoms with Crippen molar-refractivity contribution in [2.45, 2.75) is 130 Å². The van der Waals surface area contributed by atoms with Gasteiger partial charge in [-0.2, -0.15) is 9.50 Å². The van der Waals surface area contributed by atoms with Crippen molar-refractivity contribution >= 4 is 22.4 Å². The molecular weight excluding hydrogens is 717 g/mol. The van der Waals surface area contributed by atoms with Gasteiger partial charge >= 0.3 is 5.78 Å². The first kappa shape index (κ1) is 35.9. The second kappa shape index (κ2) is 12.5. The fourth-order valence-electron chi connectivity index (χ4n) is 15.7. The third-order valence-corrected chi connectivity index (χ3v) is 18.9. The number of nitrogens with zero attached hydrogens (tertiary/aromatic N) is 6. The number of allylic oxidation sites excluding steroid dienone is 6. The van der Waals surface area contributed by atoms with Crippen LogP contribution < -0.4 is 9.57 Å². The van der Waals surface area contributed by atoms with Gasteiger partial charge in [-0.05, 0) is 158 Å². The molecule has 0 spiro atoms. The molecule has 302 valence electrons. The maximum Gasteiger partial charge on any atom is 0.440 e. The van der Waals surface area contributed by atoms with Gasteiger partial charge in [0.1, 0.15) is 30.5 Å². The molecule has 8 nitrogen and oxygen atoms in total. The molecule has 0 radical (unpaired) electrons. The first-order chi connectivity index (χ1) is 28.1. The predicted molar refractivity (Wildman–Crippen MR) is 225 cm³/mol. The summed E-state index contributed by atoms with van der Waals surface area (Å²) in [6.07, 6.45) is 38.5. The lowest BCUT2D eigenvalue weighted by Crippen LogP contribution is -2.54. The predicted octanol–water partition coefficient (Wildman–Crippen LogP) is 9.44. The molecule has 4 saturated carbocycles. The molecule has 12 atom stereocenters. The minimum absolute atomic E-state index is 0.139. The highest BCUT2D eigenvalue weighted by molar-refractivity contribution is 5.82. The van der Waals surface area contributed by atoms with Gasteiger partial charge in [0.2, 0.25) is 0 Å². The molecule has 12 unspecified atom stereocenters. The molecule has 0 bridgehead atoms. The van der Waals surface area contributed by atoms with Crippen molar-refractivity contribution in [3.63, 3.8) is 0 Å². The van der Waals surface area contributed by atoms with E-state index in [0.29, 0.717) is 23.7 Å². The van der Waals surface area contributed by atoms with Crippen LogP contribution in [0, 0.1) is 57.2 Å². The summed E-state index contributed by atoms with van der Waals surface area (Å²) in [7, 11) is 0. The molecule has 0 aromatic carbocycles. The molecule has 4 aromatic rings. The van der Waals surface area contributed by atoms with Gasteiger partial charge in [-0.3, -0.25) is 0 Å². The molecular formula is C50H61N6O2+. The zero-order valence-corrected chi connectivity index (χ0v) is 35.0. The molecule has 4 fully saturated rings. The lowest BCUT2D eigenvalue weighted by atomic mass is 9.47. The maximum absolute atomic E-state index is 10.5. The Kier molecular flexibility index (Phi) is 7.73. The van der Waals surface area contributed by atoms with Crippen LogP contribution in [0.3, 0.4) is 0 Å². The second-order valence-electron chi connectivity index (χ2n) is 21.1. The average molecular weight is 778 g/mol. The lowest BCUT2D eigenvalue weighted by Gasteiger charge is -2.57. The SMILES string of the molecule is CC12CCC(O[n+]3cccn4c(C5=CCC6C7CC=C8CC(O)CCC8(C)C7CCC56C)cnc43)CC1=CCC1C2CCC2(C)C(c3cnn4cnccc34)=CCC12. The molecule has 4 aromatic heterocycles. The summed E-state index contributed by atoms with van der Waals surface area (Å²) in [5.74, 6) is 5.08. The fraction of sp³-hybridized carbons (Fsp3) is 0.600. The Hall–Kier alpha value is -4.04. The Morgan fingerprint density at radius 3 is 2.17 bits per heavy atom. The van der Waals surface area contributed by atoms with Crippen LogP contribution in [-0.4, -0.2) is 41.3 Å². The first-order valence-corrected chi connectivity index (χ1v) is 22.9. The van der Waals surface area contributed by atoms with Gasteiger partial charge in [-0.1, -0.05) is 72.9 Å². The summed E-state index contributed by atoms with van der Waals surface area (Å²) in [5.41, 5.74) is 10.7. The third-order valence-electron chi connectivity index (χ3n) is 18.9. The van der Waals surface area contributed by atoms with Gasteiger partial charge in [0.15, 0.2) is 0 Å². The van der Waals surface area contributed by atoms with Gasteiger partial charge in [0.05, 0.1) is 24.0 Å². The summed E-state index contributed by atoms with van der Waals surface area (Å²) in [6, 6.07) is 4.26. The Bertz CT molecular complexity index is 2470. The highest BCUT2D eigenvalue weighted by atomic mass is 16.7. The van der Waals surface area contributed by atoms with Crippen molar-refractivity contribution in [2.75, 3.05) is 0 Å². The molecule has 1 N–H and O–H groups in total. The van der Waals surface area contributed by atoms with Crippen LogP contribution in [0.2, 0.25) is 0 Å². The molecule has 4 heterocycles. The van der Waals surface area contributed by atoms with Crippen LogP contribution in [-0.2, 0) is 0 Å². The summed E-state index contributed by atoms with van der Waals surface area (Å²) in [6.45, 7) is 10.2. The normalized spacial score (nSPS) is 41.6. The number of aromatic nitrogens is 6. The molecule has 8 aliphatic carbocycles. The fourth-order valence-corrected chi connectivity index (χ4v) is 15.7. The van der Waals surface area contributed by atoms with E-state index in [2.05, 4.69) is 103 Å². The number of imidazole rings is 1. The Balaban J connectivity index is 0.763. The highest BCUT2D eigenvalue weighted by Crippen LogP contribution is 2.68.